The van der Waals surface area contributed by atoms with Crippen LogP contribution in [0.15, 0.2) is 170 Å². The van der Waals surface area contributed by atoms with E-state index >= 15 is 0 Å². The maximum absolute atomic E-state index is 2.58. The van der Waals surface area contributed by atoms with Gasteiger partial charge in [-0.25, -0.2) is 0 Å². The Balaban J connectivity index is 1.33. The Hall–Kier alpha value is -5.50. The average molecular weight is 585 g/mol. The second kappa shape index (κ2) is 9.25. The van der Waals surface area contributed by atoms with Crippen LogP contribution in [0.1, 0.15) is 0 Å². The molecule has 0 saturated carbocycles. The van der Waals surface area contributed by atoms with E-state index in [9.17, 15) is 0 Å². The van der Waals surface area contributed by atoms with Gasteiger partial charge in [-0.15, -0.1) is 0 Å². The Bertz CT molecular complexity index is 2370. The minimum Gasteiger partial charge on any atom is -0.0623 e. The Morgan fingerprint density at radius 3 is 1.13 bits per heavy atom. The van der Waals surface area contributed by atoms with E-state index in [0.29, 0.717) is 0 Å². The molecule has 0 fully saturated rings. The van der Waals surface area contributed by atoms with Gasteiger partial charge in [-0.05, 0) is 86.8 Å². The van der Waals surface area contributed by atoms with Gasteiger partial charge in [-0.1, -0.05) is 170 Å². The first-order valence-electron chi connectivity index (χ1n) is 15.8. The summed E-state index contributed by atoms with van der Waals surface area (Å²) in [6.07, 6.45) is 0. The van der Waals surface area contributed by atoms with E-state index in [0.717, 1.165) is 0 Å². The molecule has 2 heterocycles. The van der Waals surface area contributed by atoms with Crippen LogP contribution in [0.2, 0.25) is 0 Å². The average Bonchev–Trinajstić information content (AvgIpc) is 3.58. The van der Waals surface area contributed by atoms with Crippen molar-refractivity contribution >= 4 is 50.4 Å². The minimum atomic E-state index is -2.51. The third-order valence-corrected chi connectivity index (χ3v) is 15.2. The van der Waals surface area contributed by atoms with Crippen molar-refractivity contribution in [2.45, 2.75) is 0 Å². The summed E-state index contributed by atoms with van der Waals surface area (Å²) in [6, 6.07) is 63.9. The third kappa shape index (κ3) is 3.20. The van der Waals surface area contributed by atoms with E-state index in [1.54, 1.807) is 0 Å². The van der Waals surface area contributed by atoms with E-state index in [1.165, 1.54) is 86.8 Å². The van der Waals surface area contributed by atoms with Crippen molar-refractivity contribution in [2.75, 3.05) is 0 Å². The van der Waals surface area contributed by atoms with Gasteiger partial charge in [-0.3, -0.25) is 0 Å². The first kappa shape index (κ1) is 24.9. The van der Waals surface area contributed by atoms with E-state index in [-0.39, 0.29) is 0 Å². The van der Waals surface area contributed by atoms with Gasteiger partial charge in [0.25, 0.3) is 0 Å². The molecule has 0 aliphatic carbocycles. The number of hydrogen-bond acceptors (Lipinski definition) is 0. The topological polar surface area (TPSA) is 0 Å². The molecule has 0 bridgehead atoms. The highest BCUT2D eigenvalue weighted by molar-refractivity contribution is 7.24. The highest BCUT2D eigenvalue weighted by Gasteiger charge is 2.53. The van der Waals surface area contributed by atoms with Crippen molar-refractivity contribution < 1.29 is 0 Å². The quantitative estimate of drug-likeness (QED) is 0.141. The summed E-state index contributed by atoms with van der Waals surface area (Å²) in [5.41, 5.74) is 10.8. The van der Waals surface area contributed by atoms with Crippen LogP contribution >= 0.6 is 0 Å². The summed E-state index contributed by atoms with van der Waals surface area (Å²) in [5.74, 6) is 0. The highest BCUT2D eigenvalue weighted by atomic mass is 28.3. The number of rotatable bonds is 2. The van der Waals surface area contributed by atoms with Crippen molar-refractivity contribution in [3.63, 3.8) is 0 Å². The Morgan fingerprint density at radius 1 is 0.267 bits per heavy atom. The maximum Gasteiger partial charge on any atom is 0.182 e. The lowest BCUT2D eigenvalue weighted by Crippen LogP contribution is -2.70. The fourth-order valence-corrected chi connectivity index (χ4v) is 14.2. The van der Waals surface area contributed by atoms with Gasteiger partial charge in [0.15, 0.2) is 8.07 Å². The fraction of sp³-hybridized carbons (Fsp3) is 0. The van der Waals surface area contributed by atoms with Gasteiger partial charge in [-0.2, -0.15) is 0 Å². The molecule has 1 heteroatoms. The molecule has 0 atom stereocenters. The van der Waals surface area contributed by atoms with Crippen LogP contribution in [0, 0.1) is 0 Å². The molecule has 0 radical (unpaired) electrons. The SMILES string of the molecule is c1ccc(-c2c3ccccc3c(-c3ccc4c(c3)[Si]3(c5ccccc5-c5ccccc53)c3ccccc3-4)c3ccccc23)cc1. The van der Waals surface area contributed by atoms with Crippen LogP contribution in [0.5, 0.6) is 0 Å². The molecular weight excluding hydrogens is 557 g/mol. The standard InChI is InChI=1S/C44H28Si/c1-2-14-29(15-3-1)43-35-19-4-6-21-37(35)44(38-22-7-5-20-36(38)43)30-26-27-34-33-18-10-13-25-41(33)45(42(34)28-30)39-23-11-8-16-31(39)32-17-9-12-24-40(32)45/h1-28H. The Kier molecular flexibility index (Phi) is 5.12. The third-order valence-electron chi connectivity index (χ3n) is 10.3. The van der Waals surface area contributed by atoms with Crippen molar-refractivity contribution in [1.82, 2.24) is 0 Å². The molecule has 0 aromatic heterocycles. The first-order chi connectivity index (χ1) is 22.4. The zero-order valence-corrected chi connectivity index (χ0v) is 25.7. The molecule has 10 rings (SSSR count). The molecule has 0 unspecified atom stereocenters. The number of benzene rings is 8. The highest BCUT2D eigenvalue weighted by Crippen LogP contribution is 2.44. The van der Waals surface area contributed by atoms with Crippen LogP contribution < -0.4 is 20.7 Å². The lowest BCUT2D eigenvalue weighted by Gasteiger charge is -2.28. The molecule has 208 valence electrons. The molecule has 45 heavy (non-hydrogen) atoms. The fourth-order valence-electron chi connectivity index (χ4n) is 8.61. The van der Waals surface area contributed by atoms with Crippen molar-refractivity contribution in [1.29, 1.82) is 0 Å². The molecule has 1 spiro atoms. The summed E-state index contributed by atoms with van der Waals surface area (Å²) in [5, 5.41) is 11.3. The van der Waals surface area contributed by atoms with Gasteiger partial charge >= 0.3 is 0 Å². The lowest BCUT2D eigenvalue weighted by atomic mass is 9.86. The van der Waals surface area contributed by atoms with Gasteiger partial charge in [0.05, 0.1) is 0 Å². The van der Waals surface area contributed by atoms with E-state index in [1.807, 2.05) is 0 Å². The van der Waals surface area contributed by atoms with E-state index in [4.69, 9.17) is 0 Å². The molecule has 2 aliphatic heterocycles. The molecule has 8 aromatic carbocycles. The molecule has 0 saturated heterocycles. The van der Waals surface area contributed by atoms with Crippen molar-refractivity contribution in [3.8, 4) is 44.5 Å². The normalized spacial score (nSPS) is 13.5. The van der Waals surface area contributed by atoms with Crippen LogP contribution in [-0.4, -0.2) is 8.07 Å². The summed E-state index contributed by atoms with van der Waals surface area (Å²) in [7, 11) is -2.51. The molecular formula is C44H28Si. The number of fused-ring (bicyclic) bond motifs is 12. The molecule has 8 aromatic rings. The number of hydrogen-bond donors (Lipinski definition) is 0. The largest absolute Gasteiger partial charge is 0.182 e. The second-order valence-corrected chi connectivity index (χ2v) is 16.0. The van der Waals surface area contributed by atoms with Crippen LogP contribution in [0.3, 0.4) is 0 Å². The van der Waals surface area contributed by atoms with Crippen LogP contribution in [-0.2, 0) is 0 Å². The molecule has 0 nitrogen and oxygen atoms in total. The first-order valence-corrected chi connectivity index (χ1v) is 17.8. The Morgan fingerprint density at radius 2 is 0.644 bits per heavy atom. The predicted octanol–water partition coefficient (Wildman–Crippen LogP) is 8.67. The summed E-state index contributed by atoms with van der Waals surface area (Å²) in [6.45, 7) is 0. The zero-order valence-electron chi connectivity index (χ0n) is 24.7. The van der Waals surface area contributed by atoms with Crippen LogP contribution in [0.25, 0.3) is 66.1 Å². The molecule has 0 N–H and O–H groups in total. The monoisotopic (exact) mass is 584 g/mol. The zero-order chi connectivity index (χ0) is 29.5. The minimum absolute atomic E-state index is 1.26. The van der Waals surface area contributed by atoms with Gasteiger partial charge < -0.3 is 0 Å². The Labute approximate surface area is 263 Å². The van der Waals surface area contributed by atoms with Crippen molar-refractivity contribution in [3.05, 3.63) is 170 Å². The molecule has 2 aliphatic rings. The van der Waals surface area contributed by atoms with E-state index < -0.39 is 8.07 Å². The smallest absolute Gasteiger partial charge is 0.0623 e. The summed E-state index contributed by atoms with van der Waals surface area (Å²) >= 11 is 0. The van der Waals surface area contributed by atoms with Gasteiger partial charge in [0.1, 0.15) is 0 Å². The van der Waals surface area contributed by atoms with Gasteiger partial charge in [0.2, 0.25) is 0 Å². The molecule has 0 amide bonds. The van der Waals surface area contributed by atoms with E-state index in [2.05, 4.69) is 170 Å². The summed E-state index contributed by atoms with van der Waals surface area (Å²) in [4.78, 5) is 0. The van der Waals surface area contributed by atoms with Crippen LogP contribution in [0.4, 0.5) is 0 Å². The van der Waals surface area contributed by atoms with Crippen molar-refractivity contribution in [2.24, 2.45) is 0 Å². The predicted molar refractivity (Wildman–Crippen MR) is 194 cm³/mol. The summed E-state index contributed by atoms with van der Waals surface area (Å²) < 4.78 is 0. The second-order valence-electron chi connectivity index (χ2n) is 12.4. The maximum atomic E-state index is 2.58. The van der Waals surface area contributed by atoms with Gasteiger partial charge in [0, 0.05) is 0 Å². The lowest BCUT2D eigenvalue weighted by molar-refractivity contribution is 1.65.